The molecule has 4 aromatic rings. The third-order valence-electron chi connectivity index (χ3n) is 4.23. The van der Waals surface area contributed by atoms with Crippen LogP contribution in [0.3, 0.4) is 0 Å². The highest BCUT2D eigenvalue weighted by Gasteiger charge is 2.11. The molecule has 0 aliphatic heterocycles. The van der Waals surface area contributed by atoms with E-state index in [9.17, 15) is 9.90 Å². The van der Waals surface area contributed by atoms with Gasteiger partial charge in [0, 0.05) is 17.3 Å². The number of thiophene rings is 1. The van der Waals surface area contributed by atoms with Crippen molar-refractivity contribution in [2.45, 2.75) is 6.54 Å². The van der Waals surface area contributed by atoms with Gasteiger partial charge in [0.25, 0.3) is 5.91 Å². The topological polar surface area (TPSA) is 79.5 Å². The molecule has 2 aromatic heterocycles. The van der Waals surface area contributed by atoms with Gasteiger partial charge in [0.2, 0.25) is 0 Å². The van der Waals surface area contributed by atoms with Crippen molar-refractivity contribution in [1.82, 2.24) is 15.2 Å². The standard InChI is InChI=1S/C22H18N4O2S/c27-19-10-8-17(9-11-19)22(28)24-23-13-18-15-26(14-16-5-2-1-3-6-16)25-21(18)20-7-4-12-29-20/h1-13,15,27H,14H2,(H,24,28)/b23-13-. The van der Waals surface area contributed by atoms with E-state index in [0.717, 1.165) is 21.7 Å². The van der Waals surface area contributed by atoms with E-state index in [0.29, 0.717) is 12.1 Å². The minimum absolute atomic E-state index is 0.108. The summed E-state index contributed by atoms with van der Waals surface area (Å²) in [4.78, 5) is 13.2. The maximum absolute atomic E-state index is 12.2. The Morgan fingerprint density at radius 2 is 1.90 bits per heavy atom. The zero-order valence-corrected chi connectivity index (χ0v) is 16.2. The van der Waals surface area contributed by atoms with Gasteiger partial charge in [-0.25, -0.2) is 5.43 Å². The van der Waals surface area contributed by atoms with Crippen LogP contribution in [0.15, 0.2) is 83.4 Å². The Kier molecular flexibility index (Phi) is 5.49. The quantitative estimate of drug-likeness (QED) is 0.376. The van der Waals surface area contributed by atoms with Gasteiger partial charge in [-0.3, -0.25) is 9.48 Å². The molecular formula is C22H18N4O2S. The van der Waals surface area contributed by atoms with Crippen LogP contribution in [0.2, 0.25) is 0 Å². The fraction of sp³-hybridized carbons (Fsp3) is 0.0455. The highest BCUT2D eigenvalue weighted by molar-refractivity contribution is 7.13. The van der Waals surface area contributed by atoms with Crippen molar-refractivity contribution < 1.29 is 9.90 Å². The van der Waals surface area contributed by atoms with Crippen LogP contribution in [0.4, 0.5) is 0 Å². The van der Waals surface area contributed by atoms with Gasteiger partial charge < -0.3 is 5.11 Å². The van der Waals surface area contributed by atoms with Crippen molar-refractivity contribution in [3.8, 4) is 16.3 Å². The van der Waals surface area contributed by atoms with Crippen molar-refractivity contribution in [2.24, 2.45) is 5.10 Å². The van der Waals surface area contributed by atoms with Crippen molar-refractivity contribution >= 4 is 23.5 Å². The summed E-state index contributed by atoms with van der Waals surface area (Å²) in [5, 5.41) is 20.1. The van der Waals surface area contributed by atoms with E-state index in [1.165, 1.54) is 24.3 Å². The summed E-state index contributed by atoms with van der Waals surface area (Å²) in [6.07, 6.45) is 3.51. The molecule has 0 radical (unpaired) electrons. The summed E-state index contributed by atoms with van der Waals surface area (Å²) >= 11 is 1.60. The molecule has 0 fully saturated rings. The first-order valence-electron chi connectivity index (χ1n) is 8.97. The summed E-state index contributed by atoms with van der Waals surface area (Å²) < 4.78 is 1.87. The molecule has 0 aliphatic carbocycles. The average molecular weight is 402 g/mol. The van der Waals surface area contributed by atoms with Crippen LogP contribution in [-0.2, 0) is 6.54 Å². The summed E-state index contributed by atoms with van der Waals surface area (Å²) in [6.45, 7) is 0.646. The number of carbonyl (C=O) groups is 1. The van der Waals surface area contributed by atoms with Gasteiger partial charge in [0.1, 0.15) is 11.4 Å². The first-order valence-corrected chi connectivity index (χ1v) is 9.85. The molecular weight excluding hydrogens is 384 g/mol. The van der Waals surface area contributed by atoms with Crippen molar-refractivity contribution in [3.63, 3.8) is 0 Å². The minimum atomic E-state index is -0.351. The first kappa shape index (κ1) is 18.6. The molecule has 2 N–H and O–H groups in total. The lowest BCUT2D eigenvalue weighted by molar-refractivity contribution is 0.0955. The molecule has 6 nitrogen and oxygen atoms in total. The molecule has 0 bridgehead atoms. The average Bonchev–Trinajstić information content (AvgIpc) is 3.39. The summed E-state index contributed by atoms with van der Waals surface area (Å²) in [7, 11) is 0. The monoisotopic (exact) mass is 402 g/mol. The molecule has 1 amide bonds. The third kappa shape index (κ3) is 4.59. The number of nitrogens with zero attached hydrogens (tertiary/aromatic N) is 3. The number of nitrogens with one attached hydrogen (secondary N) is 1. The molecule has 7 heteroatoms. The molecule has 29 heavy (non-hydrogen) atoms. The molecule has 0 atom stereocenters. The van der Waals surface area contributed by atoms with Gasteiger partial charge in [-0.15, -0.1) is 11.3 Å². The third-order valence-corrected chi connectivity index (χ3v) is 5.11. The lowest BCUT2D eigenvalue weighted by Crippen LogP contribution is -2.17. The normalized spacial score (nSPS) is 11.0. The molecule has 144 valence electrons. The van der Waals surface area contributed by atoms with Crippen LogP contribution in [0, 0.1) is 0 Å². The minimum Gasteiger partial charge on any atom is -0.508 e. The Morgan fingerprint density at radius 3 is 2.62 bits per heavy atom. The zero-order chi connectivity index (χ0) is 20.1. The molecule has 0 spiro atoms. The molecule has 2 aromatic carbocycles. The summed E-state index contributed by atoms with van der Waals surface area (Å²) in [6, 6.07) is 20.1. The number of benzene rings is 2. The smallest absolute Gasteiger partial charge is 0.271 e. The van der Waals surface area contributed by atoms with Gasteiger partial charge >= 0.3 is 0 Å². The molecule has 2 heterocycles. The molecule has 0 unspecified atom stereocenters. The second kappa shape index (κ2) is 8.53. The zero-order valence-electron chi connectivity index (χ0n) is 15.4. The fourth-order valence-corrected chi connectivity index (χ4v) is 3.56. The summed E-state index contributed by atoms with van der Waals surface area (Å²) in [5.74, 6) is -0.243. The van der Waals surface area contributed by atoms with Crippen LogP contribution < -0.4 is 5.43 Å². The lowest BCUT2D eigenvalue weighted by atomic mass is 10.2. The second-order valence-electron chi connectivity index (χ2n) is 6.34. The van der Waals surface area contributed by atoms with E-state index >= 15 is 0 Å². The highest BCUT2D eigenvalue weighted by atomic mass is 32.1. The Morgan fingerprint density at radius 1 is 1.10 bits per heavy atom. The van der Waals surface area contributed by atoms with Crippen LogP contribution >= 0.6 is 11.3 Å². The number of carbonyl (C=O) groups excluding carboxylic acids is 1. The van der Waals surface area contributed by atoms with Crippen LogP contribution in [-0.4, -0.2) is 27.0 Å². The van der Waals surface area contributed by atoms with Crippen LogP contribution in [0.5, 0.6) is 5.75 Å². The maximum atomic E-state index is 12.2. The number of phenolic OH excluding ortho intramolecular Hbond substituents is 1. The van der Waals surface area contributed by atoms with Gasteiger partial charge in [-0.2, -0.15) is 10.2 Å². The molecule has 4 rings (SSSR count). The van der Waals surface area contributed by atoms with Crippen molar-refractivity contribution in [1.29, 1.82) is 0 Å². The second-order valence-corrected chi connectivity index (χ2v) is 7.29. The SMILES string of the molecule is O=C(N/N=C\c1cn(Cc2ccccc2)nc1-c1cccs1)c1ccc(O)cc1. The van der Waals surface area contributed by atoms with Crippen LogP contribution in [0.25, 0.3) is 10.6 Å². The number of amides is 1. The van der Waals surface area contributed by atoms with E-state index in [4.69, 9.17) is 5.10 Å². The van der Waals surface area contributed by atoms with Gasteiger partial charge in [-0.05, 0) is 41.3 Å². The maximum Gasteiger partial charge on any atom is 0.271 e. The number of hydrogen-bond acceptors (Lipinski definition) is 5. The van der Waals surface area contributed by atoms with Gasteiger partial charge in [0.15, 0.2) is 0 Å². The number of aromatic hydroxyl groups is 1. The Labute approximate surface area is 171 Å². The van der Waals surface area contributed by atoms with E-state index in [-0.39, 0.29) is 11.7 Å². The highest BCUT2D eigenvalue weighted by Crippen LogP contribution is 2.26. The van der Waals surface area contributed by atoms with E-state index in [1.54, 1.807) is 17.6 Å². The predicted octanol–water partition coefficient (Wildman–Crippen LogP) is 4.13. The van der Waals surface area contributed by atoms with E-state index in [2.05, 4.69) is 22.7 Å². The molecule has 0 saturated carbocycles. The first-order chi connectivity index (χ1) is 14.2. The number of phenols is 1. The van der Waals surface area contributed by atoms with Crippen LogP contribution in [0.1, 0.15) is 21.5 Å². The van der Waals surface area contributed by atoms with Gasteiger partial charge in [0.05, 0.1) is 17.6 Å². The van der Waals surface area contributed by atoms with E-state index in [1.807, 2.05) is 46.6 Å². The van der Waals surface area contributed by atoms with Crippen molar-refractivity contribution in [3.05, 3.63) is 95.0 Å². The predicted molar refractivity (Wildman–Crippen MR) is 114 cm³/mol. The number of rotatable bonds is 6. The lowest BCUT2D eigenvalue weighted by Gasteiger charge is -2.00. The van der Waals surface area contributed by atoms with E-state index < -0.39 is 0 Å². The Bertz CT molecular complexity index is 1120. The molecule has 0 saturated heterocycles. The van der Waals surface area contributed by atoms with Gasteiger partial charge in [-0.1, -0.05) is 36.4 Å². The summed E-state index contributed by atoms with van der Waals surface area (Å²) in [5.41, 5.74) is 5.71. The Hall–Kier alpha value is -3.71. The number of hydrogen-bond donors (Lipinski definition) is 2. The Balaban J connectivity index is 1.54. The molecule has 0 aliphatic rings. The fourth-order valence-electron chi connectivity index (χ4n) is 2.83. The largest absolute Gasteiger partial charge is 0.508 e. The number of hydrazone groups is 1. The number of aromatic nitrogens is 2. The van der Waals surface area contributed by atoms with Crippen molar-refractivity contribution in [2.75, 3.05) is 0 Å².